The lowest BCUT2D eigenvalue weighted by Gasteiger charge is -2.33. The Kier molecular flexibility index (Phi) is 5.20. The molecule has 2 fully saturated rings. The first-order valence-electron chi connectivity index (χ1n) is 10.1. The molecule has 0 unspecified atom stereocenters. The molecule has 1 saturated heterocycles. The number of likely N-dealkylation sites (tertiary alicyclic amines) is 1. The first-order valence-corrected chi connectivity index (χ1v) is 10.1. The van der Waals surface area contributed by atoms with E-state index in [0.29, 0.717) is 24.7 Å². The highest BCUT2D eigenvalue weighted by molar-refractivity contribution is 5.85. The first-order chi connectivity index (χ1) is 13.5. The summed E-state index contributed by atoms with van der Waals surface area (Å²) < 4.78 is 5.90. The van der Waals surface area contributed by atoms with Crippen LogP contribution in [0.15, 0.2) is 34.7 Å². The molecule has 1 aliphatic carbocycles. The minimum atomic E-state index is -0.888. The van der Waals surface area contributed by atoms with E-state index in [-0.39, 0.29) is 18.4 Å². The smallest absolute Gasteiger partial charge is 0.326 e. The minimum Gasteiger partial charge on any atom is -0.480 e. The summed E-state index contributed by atoms with van der Waals surface area (Å²) in [6.45, 7) is 1.89. The Labute approximate surface area is 164 Å². The molecule has 6 nitrogen and oxygen atoms in total. The van der Waals surface area contributed by atoms with Crippen molar-refractivity contribution in [2.45, 2.75) is 64.0 Å². The van der Waals surface area contributed by atoms with E-state index in [4.69, 9.17) is 4.42 Å². The molecule has 4 rings (SSSR count). The third-order valence-corrected chi connectivity index (χ3v) is 6.09. The van der Waals surface area contributed by atoms with Gasteiger partial charge in [0.2, 0.25) is 5.91 Å². The maximum atomic E-state index is 12.9. The predicted octanol–water partition coefficient (Wildman–Crippen LogP) is 3.83. The highest BCUT2D eigenvalue weighted by Crippen LogP contribution is 2.40. The van der Waals surface area contributed by atoms with Crippen LogP contribution in [0.4, 0.5) is 0 Å². The van der Waals surface area contributed by atoms with Gasteiger partial charge >= 0.3 is 5.97 Å². The van der Waals surface area contributed by atoms with Crippen molar-refractivity contribution in [1.29, 1.82) is 0 Å². The number of nitrogens with zero attached hydrogens (tertiary/aromatic N) is 2. The van der Waals surface area contributed by atoms with Gasteiger partial charge in [-0.2, -0.15) is 0 Å². The van der Waals surface area contributed by atoms with E-state index in [2.05, 4.69) is 4.98 Å². The third kappa shape index (κ3) is 3.55. The minimum absolute atomic E-state index is 0.0773. The van der Waals surface area contributed by atoms with Gasteiger partial charge in [0.25, 0.3) is 0 Å². The number of carboxylic acid groups (broad SMARTS) is 1. The number of amides is 1. The van der Waals surface area contributed by atoms with Crippen LogP contribution >= 0.6 is 0 Å². The molecule has 0 radical (unpaired) electrons. The Bertz CT molecular complexity index is 861. The second-order valence-electron chi connectivity index (χ2n) is 7.89. The molecule has 28 heavy (non-hydrogen) atoms. The predicted molar refractivity (Wildman–Crippen MR) is 104 cm³/mol. The molecule has 1 aromatic heterocycles. The van der Waals surface area contributed by atoms with Crippen molar-refractivity contribution >= 4 is 11.9 Å². The van der Waals surface area contributed by atoms with Crippen molar-refractivity contribution in [2.75, 3.05) is 0 Å². The summed E-state index contributed by atoms with van der Waals surface area (Å²) in [4.78, 5) is 30.8. The monoisotopic (exact) mass is 382 g/mol. The van der Waals surface area contributed by atoms with E-state index in [1.807, 2.05) is 37.3 Å². The maximum Gasteiger partial charge on any atom is 0.326 e. The largest absolute Gasteiger partial charge is 0.480 e. The zero-order chi connectivity index (χ0) is 19.7. The molecule has 0 bridgehead atoms. The molecule has 3 atom stereocenters. The number of carbonyl (C=O) groups is 2. The van der Waals surface area contributed by atoms with Gasteiger partial charge in [-0.15, -0.1) is 0 Å². The Balaban J connectivity index is 1.46. The van der Waals surface area contributed by atoms with Crippen LogP contribution in [0.1, 0.15) is 50.1 Å². The van der Waals surface area contributed by atoms with Crippen molar-refractivity contribution in [3.05, 3.63) is 41.9 Å². The van der Waals surface area contributed by atoms with Gasteiger partial charge in [-0.05, 0) is 32.1 Å². The number of carboxylic acids is 1. The molecular formula is C22H26N2O4. The molecule has 148 valence electrons. The summed E-state index contributed by atoms with van der Waals surface area (Å²) in [6.07, 6.45) is 5.33. The van der Waals surface area contributed by atoms with Gasteiger partial charge in [0, 0.05) is 24.4 Å². The van der Waals surface area contributed by atoms with Crippen LogP contribution in [0.25, 0.3) is 11.3 Å². The number of hydrogen-bond acceptors (Lipinski definition) is 4. The van der Waals surface area contributed by atoms with E-state index in [1.54, 1.807) is 4.90 Å². The lowest BCUT2D eigenvalue weighted by Crippen LogP contribution is -2.46. The first kappa shape index (κ1) is 18.7. The number of fused-ring (bicyclic) bond motifs is 1. The lowest BCUT2D eigenvalue weighted by atomic mass is 9.84. The topological polar surface area (TPSA) is 83.6 Å². The van der Waals surface area contributed by atoms with Gasteiger partial charge in [0.1, 0.15) is 6.04 Å². The molecule has 2 heterocycles. The quantitative estimate of drug-likeness (QED) is 0.850. The van der Waals surface area contributed by atoms with E-state index in [1.165, 1.54) is 0 Å². The highest BCUT2D eigenvalue weighted by Gasteiger charge is 2.47. The summed E-state index contributed by atoms with van der Waals surface area (Å²) in [6, 6.07) is 9.16. The summed E-state index contributed by atoms with van der Waals surface area (Å²) in [5.74, 6) is 0.586. The molecule has 2 aliphatic rings. The molecule has 1 amide bonds. The van der Waals surface area contributed by atoms with Crippen molar-refractivity contribution < 1.29 is 19.1 Å². The van der Waals surface area contributed by atoms with E-state index >= 15 is 0 Å². The second kappa shape index (κ2) is 7.78. The fraction of sp³-hybridized carbons (Fsp3) is 0.500. The van der Waals surface area contributed by atoms with Crippen molar-refractivity contribution in [3.8, 4) is 11.3 Å². The van der Waals surface area contributed by atoms with Crippen LogP contribution in [0.3, 0.4) is 0 Å². The van der Waals surface area contributed by atoms with Crippen molar-refractivity contribution in [1.82, 2.24) is 9.88 Å². The Hall–Kier alpha value is -2.63. The fourth-order valence-electron chi connectivity index (χ4n) is 4.80. The van der Waals surface area contributed by atoms with Gasteiger partial charge in [-0.3, -0.25) is 4.79 Å². The Morgan fingerprint density at radius 1 is 1.21 bits per heavy atom. The molecule has 1 saturated carbocycles. The number of aliphatic carboxylic acids is 1. The number of carbonyl (C=O) groups excluding carboxylic acids is 1. The lowest BCUT2D eigenvalue weighted by molar-refractivity contribution is -0.149. The Morgan fingerprint density at radius 2 is 1.96 bits per heavy atom. The number of hydrogen-bond donors (Lipinski definition) is 1. The van der Waals surface area contributed by atoms with Gasteiger partial charge in [-0.1, -0.05) is 43.2 Å². The normalized spacial score (nSPS) is 24.2. The summed E-state index contributed by atoms with van der Waals surface area (Å²) in [5, 5.41) is 9.61. The number of oxazole rings is 1. The average Bonchev–Trinajstić information content (AvgIpc) is 3.27. The molecule has 1 aromatic carbocycles. The van der Waals surface area contributed by atoms with Gasteiger partial charge in [-0.25, -0.2) is 9.78 Å². The third-order valence-electron chi connectivity index (χ3n) is 6.09. The maximum absolute atomic E-state index is 12.9. The standard InChI is InChI=1S/C22H26N2O4/c1-14-21(15-7-3-2-4-8-15)28-19(23-14)11-12-20(25)24-17-10-6-5-9-16(17)13-18(24)22(26)27/h2-4,7-8,16-18H,5-6,9-13H2,1H3,(H,26,27)/t16-,17+,18+/m1/s1. The summed E-state index contributed by atoms with van der Waals surface area (Å²) >= 11 is 0. The zero-order valence-corrected chi connectivity index (χ0v) is 16.1. The molecule has 1 aliphatic heterocycles. The summed E-state index contributed by atoms with van der Waals surface area (Å²) in [5.41, 5.74) is 1.76. The number of aromatic nitrogens is 1. The average molecular weight is 382 g/mol. The van der Waals surface area contributed by atoms with Crippen LogP contribution < -0.4 is 0 Å². The van der Waals surface area contributed by atoms with Crippen molar-refractivity contribution in [2.24, 2.45) is 5.92 Å². The molecule has 2 aromatic rings. The van der Waals surface area contributed by atoms with Crippen molar-refractivity contribution in [3.63, 3.8) is 0 Å². The van der Waals surface area contributed by atoms with Gasteiger partial charge in [0.05, 0.1) is 5.69 Å². The number of aryl methyl sites for hydroxylation is 2. The Morgan fingerprint density at radius 3 is 2.71 bits per heavy atom. The fourth-order valence-corrected chi connectivity index (χ4v) is 4.80. The van der Waals surface area contributed by atoms with Gasteiger partial charge < -0.3 is 14.4 Å². The number of rotatable bonds is 5. The SMILES string of the molecule is Cc1nc(CCC(=O)N2[C@H](C(=O)O)C[C@H]3CCCC[C@@H]32)oc1-c1ccccc1. The molecule has 1 N–H and O–H groups in total. The van der Waals surface area contributed by atoms with E-state index < -0.39 is 12.0 Å². The van der Waals surface area contributed by atoms with Crippen LogP contribution in [-0.4, -0.2) is 39.0 Å². The van der Waals surface area contributed by atoms with Gasteiger partial charge in [0.15, 0.2) is 11.7 Å². The van der Waals surface area contributed by atoms with Crippen LogP contribution in [0.5, 0.6) is 0 Å². The second-order valence-corrected chi connectivity index (χ2v) is 7.89. The van der Waals surface area contributed by atoms with E-state index in [9.17, 15) is 14.7 Å². The van der Waals surface area contributed by atoms with E-state index in [0.717, 1.165) is 42.7 Å². The molecule has 6 heteroatoms. The molecule has 0 spiro atoms. The highest BCUT2D eigenvalue weighted by atomic mass is 16.4. The van der Waals surface area contributed by atoms with Crippen LogP contribution in [-0.2, 0) is 16.0 Å². The molecular weight excluding hydrogens is 356 g/mol. The van der Waals surface area contributed by atoms with Crippen LogP contribution in [0, 0.1) is 12.8 Å². The number of benzene rings is 1. The van der Waals surface area contributed by atoms with Crippen LogP contribution in [0.2, 0.25) is 0 Å². The zero-order valence-electron chi connectivity index (χ0n) is 16.1. The summed E-state index contributed by atoms with van der Waals surface area (Å²) in [7, 11) is 0.